The van der Waals surface area contributed by atoms with Gasteiger partial charge in [0.2, 0.25) is 0 Å². The third kappa shape index (κ3) is 3.22. The van der Waals surface area contributed by atoms with Crippen LogP contribution in [0.3, 0.4) is 0 Å². The van der Waals surface area contributed by atoms with E-state index in [0.717, 1.165) is 18.2 Å². The van der Waals surface area contributed by atoms with E-state index in [1.54, 1.807) is 0 Å². The van der Waals surface area contributed by atoms with Gasteiger partial charge in [-0.1, -0.05) is 31.1 Å². The Bertz CT molecular complexity index is 430. The average Bonchev–Trinajstić information content (AvgIpc) is 2.66. The first kappa shape index (κ1) is 13.3. The van der Waals surface area contributed by atoms with E-state index in [0.29, 0.717) is 15.9 Å². The summed E-state index contributed by atoms with van der Waals surface area (Å²) in [6.45, 7) is 4.90. The second-order valence-electron chi connectivity index (χ2n) is 5.31. The first-order chi connectivity index (χ1) is 8.56. The number of hydrogen-bond donors (Lipinski definition) is 2. The van der Waals surface area contributed by atoms with E-state index in [9.17, 15) is 4.79 Å². The van der Waals surface area contributed by atoms with Gasteiger partial charge in [0, 0.05) is 6.54 Å². The van der Waals surface area contributed by atoms with Crippen LogP contribution in [0.5, 0.6) is 0 Å². The van der Waals surface area contributed by atoms with Crippen molar-refractivity contribution < 1.29 is 4.79 Å². The van der Waals surface area contributed by atoms with E-state index in [4.69, 9.17) is 5.73 Å². The average molecular weight is 267 g/mol. The number of nitrogens with one attached hydrogen (secondary N) is 1. The van der Waals surface area contributed by atoms with Crippen molar-refractivity contribution in [3.63, 3.8) is 0 Å². The summed E-state index contributed by atoms with van der Waals surface area (Å²) in [5.74, 6) is 1.39. The van der Waals surface area contributed by atoms with Crippen LogP contribution >= 0.6 is 11.3 Å². The first-order valence-corrected chi connectivity index (χ1v) is 7.39. The Morgan fingerprint density at radius 2 is 2.33 bits per heavy atom. The lowest BCUT2D eigenvalue weighted by molar-refractivity contribution is 0.0944. The largest absolute Gasteiger partial charge is 0.375 e. The van der Waals surface area contributed by atoms with Crippen molar-refractivity contribution >= 4 is 22.4 Å². The molecule has 1 aromatic rings. The number of thiazole rings is 1. The zero-order chi connectivity index (χ0) is 13.1. The molecule has 1 aromatic heterocycles. The van der Waals surface area contributed by atoms with E-state index in [1.165, 1.54) is 37.0 Å². The lowest BCUT2D eigenvalue weighted by Gasteiger charge is -2.26. The molecule has 18 heavy (non-hydrogen) atoms. The molecule has 5 heteroatoms. The number of nitrogen functional groups attached to an aromatic ring is 1. The van der Waals surface area contributed by atoms with E-state index in [-0.39, 0.29) is 5.91 Å². The van der Waals surface area contributed by atoms with Gasteiger partial charge >= 0.3 is 0 Å². The Hall–Kier alpha value is -1.10. The zero-order valence-electron chi connectivity index (χ0n) is 11.0. The summed E-state index contributed by atoms with van der Waals surface area (Å²) in [5, 5.41) is 3.48. The number of carbonyl (C=O) groups excluding carboxylic acids is 1. The van der Waals surface area contributed by atoms with Gasteiger partial charge < -0.3 is 11.1 Å². The molecule has 0 aromatic carbocycles. The molecule has 1 aliphatic carbocycles. The Morgan fingerprint density at radius 1 is 1.56 bits per heavy atom. The molecule has 2 unspecified atom stereocenters. The number of aromatic nitrogens is 1. The van der Waals surface area contributed by atoms with Gasteiger partial charge in [-0.25, -0.2) is 4.98 Å². The summed E-state index contributed by atoms with van der Waals surface area (Å²) in [6, 6.07) is 0. The highest BCUT2D eigenvalue weighted by molar-refractivity contribution is 7.17. The number of amides is 1. The molecule has 0 aliphatic heterocycles. The Morgan fingerprint density at radius 3 is 2.94 bits per heavy atom. The van der Waals surface area contributed by atoms with Crippen molar-refractivity contribution in [3.05, 3.63) is 10.6 Å². The van der Waals surface area contributed by atoms with Gasteiger partial charge in [-0.3, -0.25) is 4.79 Å². The quantitative estimate of drug-likeness (QED) is 0.884. The number of anilines is 1. The maximum atomic E-state index is 12.0. The Kier molecular flexibility index (Phi) is 4.22. The van der Waals surface area contributed by atoms with Crippen molar-refractivity contribution in [2.45, 2.75) is 39.5 Å². The number of aryl methyl sites for hydroxylation is 1. The van der Waals surface area contributed by atoms with Gasteiger partial charge in [0.15, 0.2) is 5.13 Å². The SMILES string of the molecule is Cc1nc(N)sc1C(=O)NCC1CCCC(C)C1. The molecule has 1 fully saturated rings. The van der Waals surface area contributed by atoms with Crippen molar-refractivity contribution in [2.75, 3.05) is 12.3 Å². The van der Waals surface area contributed by atoms with Crippen LogP contribution in [0.15, 0.2) is 0 Å². The van der Waals surface area contributed by atoms with Gasteiger partial charge in [-0.05, 0) is 31.6 Å². The first-order valence-electron chi connectivity index (χ1n) is 6.57. The molecule has 1 amide bonds. The molecule has 4 nitrogen and oxygen atoms in total. The number of rotatable bonds is 3. The maximum absolute atomic E-state index is 12.0. The Labute approximate surface area is 112 Å². The molecule has 1 aliphatic rings. The van der Waals surface area contributed by atoms with Crippen molar-refractivity contribution in [2.24, 2.45) is 11.8 Å². The summed E-state index contributed by atoms with van der Waals surface area (Å²) in [4.78, 5) is 16.7. The van der Waals surface area contributed by atoms with E-state index in [1.807, 2.05) is 6.92 Å². The summed E-state index contributed by atoms with van der Waals surface area (Å²) >= 11 is 1.26. The fraction of sp³-hybridized carbons (Fsp3) is 0.692. The van der Waals surface area contributed by atoms with Crippen LogP contribution in [0.4, 0.5) is 5.13 Å². The van der Waals surface area contributed by atoms with Crippen molar-refractivity contribution in [1.82, 2.24) is 10.3 Å². The highest BCUT2D eigenvalue weighted by Crippen LogP contribution is 2.28. The normalized spacial score (nSPS) is 23.9. The van der Waals surface area contributed by atoms with Crippen LogP contribution in [-0.2, 0) is 0 Å². The number of hydrogen-bond acceptors (Lipinski definition) is 4. The molecule has 0 saturated heterocycles. The zero-order valence-corrected chi connectivity index (χ0v) is 11.8. The maximum Gasteiger partial charge on any atom is 0.263 e. The third-order valence-corrected chi connectivity index (χ3v) is 4.60. The van der Waals surface area contributed by atoms with Gasteiger partial charge in [0.1, 0.15) is 4.88 Å². The minimum absolute atomic E-state index is 0.0278. The molecule has 3 N–H and O–H groups in total. The number of carbonyl (C=O) groups is 1. The van der Waals surface area contributed by atoms with Gasteiger partial charge in [-0.2, -0.15) is 0 Å². The van der Waals surface area contributed by atoms with Crippen LogP contribution in [0.1, 0.15) is 48.0 Å². The standard InChI is InChI=1S/C13H21N3OS/c1-8-4-3-5-10(6-8)7-15-12(17)11-9(2)16-13(14)18-11/h8,10H,3-7H2,1-2H3,(H2,14,16)(H,15,17). The molecule has 100 valence electrons. The topological polar surface area (TPSA) is 68.0 Å². The molecule has 0 bridgehead atoms. The van der Waals surface area contributed by atoms with E-state index < -0.39 is 0 Å². The summed E-state index contributed by atoms with van der Waals surface area (Å²) in [5.41, 5.74) is 6.33. The van der Waals surface area contributed by atoms with Crippen LogP contribution in [0, 0.1) is 18.8 Å². The summed E-state index contributed by atoms with van der Waals surface area (Å²) in [6.07, 6.45) is 5.07. The second kappa shape index (κ2) is 5.69. The van der Waals surface area contributed by atoms with E-state index >= 15 is 0 Å². The predicted molar refractivity (Wildman–Crippen MR) is 74.7 cm³/mol. The number of nitrogens with two attached hydrogens (primary N) is 1. The molecule has 0 radical (unpaired) electrons. The molecule has 2 rings (SSSR count). The summed E-state index contributed by atoms with van der Waals surface area (Å²) < 4.78 is 0. The van der Waals surface area contributed by atoms with Gasteiger partial charge in [-0.15, -0.1) is 0 Å². The molecule has 2 atom stereocenters. The van der Waals surface area contributed by atoms with Gasteiger partial charge in [0.25, 0.3) is 5.91 Å². The molecule has 1 heterocycles. The smallest absolute Gasteiger partial charge is 0.263 e. The minimum Gasteiger partial charge on any atom is -0.375 e. The molecular weight excluding hydrogens is 246 g/mol. The van der Waals surface area contributed by atoms with E-state index in [2.05, 4.69) is 17.2 Å². The molecule has 0 spiro atoms. The highest BCUT2D eigenvalue weighted by Gasteiger charge is 2.20. The monoisotopic (exact) mass is 267 g/mol. The minimum atomic E-state index is -0.0278. The van der Waals surface area contributed by atoms with Crippen molar-refractivity contribution in [1.29, 1.82) is 0 Å². The number of nitrogens with zero attached hydrogens (tertiary/aromatic N) is 1. The van der Waals surface area contributed by atoms with Crippen LogP contribution in [-0.4, -0.2) is 17.4 Å². The van der Waals surface area contributed by atoms with Gasteiger partial charge in [0.05, 0.1) is 5.69 Å². The second-order valence-corrected chi connectivity index (χ2v) is 6.35. The summed E-state index contributed by atoms with van der Waals surface area (Å²) in [7, 11) is 0. The lowest BCUT2D eigenvalue weighted by Crippen LogP contribution is -2.31. The predicted octanol–water partition coefficient (Wildman–Crippen LogP) is 2.59. The van der Waals surface area contributed by atoms with Crippen LogP contribution in [0.2, 0.25) is 0 Å². The van der Waals surface area contributed by atoms with Crippen LogP contribution in [0.25, 0.3) is 0 Å². The fourth-order valence-corrected chi connectivity index (χ4v) is 3.44. The Balaban J connectivity index is 1.86. The molecule has 1 saturated carbocycles. The third-order valence-electron chi connectivity index (χ3n) is 3.62. The lowest BCUT2D eigenvalue weighted by atomic mass is 9.82. The highest BCUT2D eigenvalue weighted by atomic mass is 32.1. The molecular formula is C13H21N3OS. The fourth-order valence-electron chi connectivity index (χ4n) is 2.69. The van der Waals surface area contributed by atoms with Crippen molar-refractivity contribution in [3.8, 4) is 0 Å². The van der Waals surface area contributed by atoms with Crippen LogP contribution < -0.4 is 11.1 Å².